The fraction of sp³-hybridized carbons (Fsp3) is 0.500. The minimum Gasteiger partial charge on any atom is -0.484 e. The zero-order valence-corrected chi connectivity index (χ0v) is 12.4. The molecule has 0 aliphatic heterocycles. The molecule has 20 heavy (non-hydrogen) atoms. The summed E-state index contributed by atoms with van der Waals surface area (Å²) < 4.78 is 5.41. The maximum atomic E-state index is 11.9. The molecule has 0 heterocycles. The number of carbonyl (C=O) groups is 1. The van der Waals surface area contributed by atoms with Gasteiger partial charge in [-0.3, -0.25) is 4.79 Å². The standard InChI is InChI=1S/C14H16Cl2N2O2/c15-10-2-1-9(5-11(10)16)20-6-12(19)18-14-4-3-13(17,7-14)8-14/h1-2,5H,3-4,6-8,17H2,(H,18,19). The van der Waals surface area contributed by atoms with Crippen LogP contribution < -0.4 is 15.8 Å². The van der Waals surface area contributed by atoms with Crippen molar-refractivity contribution in [2.75, 3.05) is 6.61 Å². The zero-order chi connectivity index (χ0) is 14.4. The molecule has 1 amide bonds. The smallest absolute Gasteiger partial charge is 0.258 e. The predicted molar refractivity (Wildman–Crippen MR) is 78.2 cm³/mol. The van der Waals surface area contributed by atoms with Crippen LogP contribution in [0.25, 0.3) is 0 Å². The van der Waals surface area contributed by atoms with Crippen LogP contribution in [0.1, 0.15) is 25.7 Å². The van der Waals surface area contributed by atoms with E-state index >= 15 is 0 Å². The predicted octanol–water partition coefficient (Wildman–Crippen LogP) is 2.51. The van der Waals surface area contributed by atoms with Crippen LogP contribution in [0.5, 0.6) is 5.75 Å². The van der Waals surface area contributed by atoms with Crippen LogP contribution in [0, 0.1) is 0 Å². The van der Waals surface area contributed by atoms with Crippen LogP contribution in [-0.4, -0.2) is 23.6 Å². The quantitative estimate of drug-likeness (QED) is 0.897. The van der Waals surface area contributed by atoms with Crippen LogP contribution in [-0.2, 0) is 4.79 Å². The maximum Gasteiger partial charge on any atom is 0.258 e. The van der Waals surface area contributed by atoms with Crippen molar-refractivity contribution in [3.05, 3.63) is 28.2 Å². The van der Waals surface area contributed by atoms with Crippen LogP contribution in [0.15, 0.2) is 18.2 Å². The molecule has 4 nitrogen and oxygen atoms in total. The second kappa shape index (κ2) is 4.79. The first kappa shape index (κ1) is 14.0. The van der Waals surface area contributed by atoms with Gasteiger partial charge in [-0.25, -0.2) is 0 Å². The third kappa shape index (κ3) is 2.60. The number of carbonyl (C=O) groups excluding carboxylic acids is 1. The molecule has 3 aliphatic rings. The highest BCUT2D eigenvalue weighted by atomic mass is 35.5. The Morgan fingerprint density at radius 1 is 1.30 bits per heavy atom. The lowest BCUT2D eigenvalue weighted by Crippen LogP contribution is -2.62. The number of ether oxygens (including phenoxy) is 1. The molecule has 0 saturated heterocycles. The van der Waals surface area contributed by atoms with Crippen molar-refractivity contribution in [1.82, 2.24) is 5.32 Å². The largest absolute Gasteiger partial charge is 0.484 e. The van der Waals surface area contributed by atoms with E-state index in [0.29, 0.717) is 15.8 Å². The molecule has 0 radical (unpaired) electrons. The molecule has 3 saturated carbocycles. The van der Waals surface area contributed by atoms with E-state index in [2.05, 4.69) is 5.32 Å². The number of rotatable bonds is 4. The van der Waals surface area contributed by atoms with Crippen molar-refractivity contribution >= 4 is 29.1 Å². The van der Waals surface area contributed by atoms with E-state index in [0.717, 1.165) is 25.7 Å². The van der Waals surface area contributed by atoms with Crippen molar-refractivity contribution < 1.29 is 9.53 Å². The van der Waals surface area contributed by atoms with Gasteiger partial charge < -0.3 is 15.8 Å². The Kier molecular flexibility index (Phi) is 3.35. The molecule has 3 aliphatic carbocycles. The lowest BCUT2D eigenvalue weighted by atomic mass is 9.72. The van der Waals surface area contributed by atoms with Crippen molar-refractivity contribution in [3.8, 4) is 5.75 Å². The number of hydrogen-bond donors (Lipinski definition) is 2. The Morgan fingerprint density at radius 3 is 2.65 bits per heavy atom. The normalized spacial score (nSPS) is 30.8. The van der Waals surface area contributed by atoms with Gasteiger partial charge in [0, 0.05) is 17.1 Å². The molecule has 3 N–H and O–H groups in total. The van der Waals surface area contributed by atoms with Gasteiger partial charge in [-0.05, 0) is 37.8 Å². The summed E-state index contributed by atoms with van der Waals surface area (Å²) in [6.45, 7) is -0.0305. The number of benzene rings is 1. The summed E-state index contributed by atoms with van der Waals surface area (Å²) in [6.07, 6.45) is 3.69. The van der Waals surface area contributed by atoms with Crippen LogP contribution in [0.2, 0.25) is 10.0 Å². The summed E-state index contributed by atoms with van der Waals surface area (Å²) >= 11 is 11.7. The number of hydrogen-bond acceptors (Lipinski definition) is 3. The van der Waals surface area contributed by atoms with Crippen molar-refractivity contribution in [1.29, 1.82) is 0 Å². The van der Waals surface area contributed by atoms with Gasteiger partial charge in [-0.15, -0.1) is 0 Å². The van der Waals surface area contributed by atoms with Gasteiger partial charge in [0.1, 0.15) is 5.75 Å². The van der Waals surface area contributed by atoms with E-state index in [1.807, 2.05) is 0 Å². The zero-order valence-electron chi connectivity index (χ0n) is 10.9. The van der Waals surface area contributed by atoms with E-state index in [-0.39, 0.29) is 23.6 Å². The molecule has 1 aromatic carbocycles. The van der Waals surface area contributed by atoms with Gasteiger partial charge in [0.2, 0.25) is 0 Å². The average molecular weight is 315 g/mol. The second-order valence-electron chi connectivity index (χ2n) is 5.91. The molecular weight excluding hydrogens is 299 g/mol. The highest BCUT2D eigenvalue weighted by Gasteiger charge is 2.59. The van der Waals surface area contributed by atoms with Gasteiger partial charge in [0.05, 0.1) is 10.0 Å². The Hall–Kier alpha value is -0.970. The Morgan fingerprint density at radius 2 is 2.05 bits per heavy atom. The van der Waals surface area contributed by atoms with Gasteiger partial charge in [-0.2, -0.15) is 0 Å². The van der Waals surface area contributed by atoms with Crippen LogP contribution in [0.3, 0.4) is 0 Å². The first-order chi connectivity index (χ1) is 9.40. The minimum atomic E-state index is -0.125. The number of fused-ring (bicyclic) bond motifs is 1. The molecule has 0 spiro atoms. The monoisotopic (exact) mass is 314 g/mol. The summed E-state index contributed by atoms with van der Waals surface area (Å²) in [5.74, 6) is 0.403. The topological polar surface area (TPSA) is 64.3 Å². The van der Waals surface area contributed by atoms with Gasteiger partial charge in [0.15, 0.2) is 6.61 Å². The summed E-state index contributed by atoms with van der Waals surface area (Å²) in [4.78, 5) is 11.9. The second-order valence-corrected chi connectivity index (χ2v) is 6.72. The van der Waals surface area contributed by atoms with Crippen LogP contribution >= 0.6 is 23.2 Å². The first-order valence-electron chi connectivity index (χ1n) is 6.58. The van der Waals surface area contributed by atoms with Crippen LogP contribution in [0.4, 0.5) is 0 Å². The van der Waals surface area contributed by atoms with E-state index < -0.39 is 0 Å². The highest BCUT2D eigenvalue weighted by molar-refractivity contribution is 6.42. The molecule has 0 atom stereocenters. The van der Waals surface area contributed by atoms with Crippen molar-refractivity contribution in [3.63, 3.8) is 0 Å². The van der Waals surface area contributed by atoms with Crippen molar-refractivity contribution in [2.45, 2.75) is 36.8 Å². The minimum absolute atomic E-state index is 0.0305. The molecule has 0 unspecified atom stereocenters. The SMILES string of the molecule is NC12CCC(NC(=O)COc3ccc(Cl)c(Cl)c3)(C1)C2. The van der Waals surface area contributed by atoms with Gasteiger partial charge in [0.25, 0.3) is 5.91 Å². The fourth-order valence-corrected chi connectivity index (χ4v) is 3.62. The Balaban J connectivity index is 1.51. The third-order valence-electron chi connectivity index (χ3n) is 4.15. The molecule has 0 aromatic heterocycles. The summed E-state index contributed by atoms with van der Waals surface area (Å²) in [6, 6.07) is 4.92. The molecule has 4 rings (SSSR count). The number of amides is 1. The summed E-state index contributed by atoms with van der Waals surface area (Å²) in [5.41, 5.74) is 5.96. The molecular formula is C14H16Cl2N2O2. The third-order valence-corrected chi connectivity index (χ3v) is 4.89. The highest BCUT2D eigenvalue weighted by Crippen LogP contribution is 2.53. The Labute approximate surface area is 127 Å². The lowest BCUT2D eigenvalue weighted by molar-refractivity contribution is -0.126. The summed E-state index contributed by atoms with van der Waals surface area (Å²) in [5, 5.41) is 3.91. The summed E-state index contributed by atoms with van der Waals surface area (Å²) in [7, 11) is 0. The molecule has 108 valence electrons. The molecule has 6 heteroatoms. The molecule has 2 bridgehead atoms. The lowest BCUT2D eigenvalue weighted by Gasteiger charge is -2.45. The molecule has 3 fully saturated rings. The molecule has 1 aromatic rings. The average Bonchev–Trinajstić information content (AvgIpc) is 2.83. The van der Waals surface area contributed by atoms with E-state index in [9.17, 15) is 4.79 Å². The van der Waals surface area contributed by atoms with E-state index in [1.54, 1.807) is 18.2 Å². The van der Waals surface area contributed by atoms with Gasteiger partial charge >= 0.3 is 0 Å². The maximum absolute atomic E-state index is 11.9. The fourth-order valence-electron chi connectivity index (χ4n) is 3.34. The van der Waals surface area contributed by atoms with Crippen molar-refractivity contribution in [2.24, 2.45) is 5.73 Å². The first-order valence-corrected chi connectivity index (χ1v) is 7.33. The number of halogens is 2. The van der Waals surface area contributed by atoms with E-state index in [4.69, 9.17) is 33.7 Å². The van der Waals surface area contributed by atoms with E-state index in [1.165, 1.54) is 0 Å². The Bertz CT molecular complexity index is 556. The number of nitrogens with two attached hydrogens (primary N) is 1. The number of nitrogens with one attached hydrogen (secondary N) is 1. The van der Waals surface area contributed by atoms with Gasteiger partial charge in [-0.1, -0.05) is 23.2 Å².